The molecule has 1 aromatic heterocycles. The van der Waals surface area contributed by atoms with E-state index in [1.165, 1.54) is 0 Å². The smallest absolute Gasteiger partial charge is 0.115 e. The molecule has 0 fully saturated rings. The molecule has 3 rings (SSSR count). The maximum Gasteiger partial charge on any atom is 0.115 e. The van der Waals surface area contributed by atoms with Crippen molar-refractivity contribution in [2.24, 2.45) is 0 Å². The van der Waals surface area contributed by atoms with Crippen LogP contribution < -0.4 is 0 Å². The molecule has 81 valence electrons. The van der Waals surface area contributed by atoms with Crippen LogP contribution >= 0.6 is 0 Å². The zero-order valence-electron chi connectivity index (χ0n) is 9.09. The maximum absolute atomic E-state index is 9.24. The summed E-state index contributed by atoms with van der Waals surface area (Å²) in [6, 6.07) is 20.0. The summed E-state index contributed by atoms with van der Waals surface area (Å²) in [6.07, 6.45) is 0. The molecule has 3 aromatic rings. The number of aromatic nitrogens is 1. The summed E-state index contributed by atoms with van der Waals surface area (Å²) in [4.78, 5) is 4.54. The molecular formula is C15H10NO. The molecule has 0 spiro atoms. The largest absolute Gasteiger partial charge is 0.508 e. The van der Waals surface area contributed by atoms with Gasteiger partial charge in [-0.25, -0.2) is 4.98 Å². The van der Waals surface area contributed by atoms with Gasteiger partial charge in [0.2, 0.25) is 0 Å². The Hall–Kier alpha value is -2.35. The van der Waals surface area contributed by atoms with E-state index in [4.69, 9.17) is 0 Å². The van der Waals surface area contributed by atoms with Crippen LogP contribution in [0.15, 0.2) is 54.6 Å². The number of nitrogens with zero attached hydrogens (tertiary/aromatic N) is 1. The Morgan fingerprint density at radius 2 is 1.71 bits per heavy atom. The van der Waals surface area contributed by atoms with Gasteiger partial charge in [0.25, 0.3) is 0 Å². The molecule has 0 aliphatic carbocycles. The highest BCUT2D eigenvalue weighted by Gasteiger charge is 2.01. The van der Waals surface area contributed by atoms with Gasteiger partial charge in [-0.2, -0.15) is 0 Å². The molecule has 0 bridgehead atoms. The second-order valence-electron chi connectivity index (χ2n) is 3.85. The van der Waals surface area contributed by atoms with E-state index in [0.717, 1.165) is 22.2 Å². The van der Waals surface area contributed by atoms with E-state index in [-0.39, 0.29) is 5.75 Å². The Labute approximate surface area is 99.2 Å². The fourth-order valence-corrected chi connectivity index (χ4v) is 1.78. The highest BCUT2D eigenvalue weighted by atomic mass is 16.3. The molecule has 17 heavy (non-hydrogen) atoms. The summed E-state index contributed by atoms with van der Waals surface area (Å²) in [6.45, 7) is 0. The summed E-state index contributed by atoms with van der Waals surface area (Å²) < 4.78 is 0. The minimum absolute atomic E-state index is 0.259. The van der Waals surface area contributed by atoms with Gasteiger partial charge in [-0.05, 0) is 36.4 Å². The highest BCUT2D eigenvalue weighted by Crippen LogP contribution is 2.22. The van der Waals surface area contributed by atoms with E-state index < -0.39 is 0 Å². The van der Waals surface area contributed by atoms with Crippen molar-refractivity contribution in [3.63, 3.8) is 0 Å². The van der Waals surface area contributed by atoms with Crippen molar-refractivity contribution < 1.29 is 5.11 Å². The number of pyridine rings is 1. The summed E-state index contributed by atoms with van der Waals surface area (Å²) in [5, 5.41) is 10.3. The van der Waals surface area contributed by atoms with E-state index >= 15 is 0 Å². The normalized spacial score (nSPS) is 10.6. The van der Waals surface area contributed by atoms with E-state index in [0.29, 0.717) is 0 Å². The van der Waals surface area contributed by atoms with Crippen LogP contribution in [-0.4, -0.2) is 10.1 Å². The number of hydrogen-bond acceptors (Lipinski definition) is 2. The number of benzene rings is 2. The summed E-state index contributed by atoms with van der Waals surface area (Å²) in [7, 11) is 0. The second kappa shape index (κ2) is 3.91. The maximum atomic E-state index is 9.24. The van der Waals surface area contributed by atoms with Crippen molar-refractivity contribution in [3.05, 3.63) is 60.7 Å². The van der Waals surface area contributed by atoms with Crippen LogP contribution in [0.5, 0.6) is 5.75 Å². The SMILES string of the molecule is Oc1ccc(-c2[c]cc3ccccc3n2)cc1. The lowest BCUT2D eigenvalue weighted by Gasteiger charge is -2.02. The first-order valence-electron chi connectivity index (χ1n) is 5.40. The Morgan fingerprint density at radius 1 is 0.941 bits per heavy atom. The van der Waals surface area contributed by atoms with Gasteiger partial charge in [0, 0.05) is 17.0 Å². The third kappa shape index (κ3) is 1.85. The zero-order valence-corrected chi connectivity index (χ0v) is 9.09. The quantitative estimate of drug-likeness (QED) is 0.681. The third-order valence-corrected chi connectivity index (χ3v) is 2.67. The number of rotatable bonds is 1. The lowest BCUT2D eigenvalue weighted by atomic mass is 10.1. The molecule has 2 heteroatoms. The van der Waals surface area contributed by atoms with Crippen LogP contribution in [0.25, 0.3) is 22.2 Å². The van der Waals surface area contributed by atoms with Gasteiger partial charge in [0.1, 0.15) is 5.75 Å². The first-order chi connectivity index (χ1) is 8.33. The molecule has 0 saturated heterocycles. The molecule has 2 nitrogen and oxygen atoms in total. The highest BCUT2D eigenvalue weighted by molar-refractivity contribution is 5.81. The Bertz CT molecular complexity index is 659. The standard InChI is InChI=1S/C15H10NO/c17-13-8-5-12(6-9-13)15-10-7-11-3-1-2-4-14(11)16-15/h1-9,17H. The number of fused-ring (bicyclic) bond motifs is 1. The first-order valence-corrected chi connectivity index (χ1v) is 5.40. The van der Waals surface area contributed by atoms with Crippen LogP contribution in [0.4, 0.5) is 0 Å². The lowest BCUT2D eigenvalue weighted by molar-refractivity contribution is 0.475. The second-order valence-corrected chi connectivity index (χ2v) is 3.85. The van der Waals surface area contributed by atoms with Crippen molar-refractivity contribution >= 4 is 10.9 Å². The molecule has 1 heterocycles. The lowest BCUT2D eigenvalue weighted by Crippen LogP contribution is -1.85. The van der Waals surface area contributed by atoms with Gasteiger partial charge >= 0.3 is 0 Å². The van der Waals surface area contributed by atoms with Crippen LogP contribution in [0, 0.1) is 6.07 Å². The topological polar surface area (TPSA) is 33.1 Å². The number of hydrogen-bond donors (Lipinski definition) is 1. The van der Waals surface area contributed by atoms with Gasteiger partial charge in [0.15, 0.2) is 0 Å². The van der Waals surface area contributed by atoms with Gasteiger partial charge in [-0.3, -0.25) is 0 Å². The van der Waals surface area contributed by atoms with Gasteiger partial charge in [-0.15, -0.1) is 0 Å². The fourth-order valence-electron chi connectivity index (χ4n) is 1.78. The van der Waals surface area contributed by atoms with Crippen LogP contribution in [0.3, 0.4) is 0 Å². The predicted octanol–water partition coefficient (Wildman–Crippen LogP) is 3.41. The van der Waals surface area contributed by atoms with Crippen molar-refractivity contribution in [1.82, 2.24) is 4.98 Å². The summed E-state index contributed by atoms with van der Waals surface area (Å²) in [5.74, 6) is 0.259. The van der Waals surface area contributed by atoms with E-state index in [9.17, 15) is 5.11 Å². The molecule has 0 atom stereocenters. The van der Waals surface area contributed by atoms with Crippen molar-refractivity contribution in [3.8, 4) is 17.0 Å². The Kier molecular flexibility index (Phi) is 2.26. The number of aromatic hydroxyl groups is 1. The van der Waals surface area contributed by atoms with Crippen molar-refractivity contribution in [2.75, 3.05) is 0 Å². The minimum Gasteiger partial charge on any atom is -0.508 e. The Morgan fingerprint density at radius 3 is 2.53 bits per heavy atom. The van der Waals surface area contributed by atoms with Crippen LogP contribution in [0.2, 0.25) is 0 Å². The average Bonchev–Trinajstić information content (AvgIpc) is 2.39. The molecule has 0 aliphatic rings. The summed E-state index contributed by atoms with van der Waals surface area (Å²) in [5.41, 5.74) is 2.70. The molecule has 0 saturated carbocycles. The molecule has 0 amide bonds. The number of phenolic OH excluding ortho intramolecular Hbond substituents is 1. The molecule has 0 unspecified atom stereocenters. The molecule has 1 N–H and O–H groups in total. The van der Waals surface area contributed by atoms with Crippen LogP contribution in [0.1, 0.15) is 0 Å². The monoisotopic (exact) mass is 220 g/mol. The molecule has 0 aliphatic heterocycles. The predicted molar refractivity (Wildman–Crippen MR) is 67.7 cm³/mol. The van der Waals surface area contributed by atoms with Gasteiger partial charge < -0.3 is 5.11 Å². The zero-order chi connectivity index (χ0) is 11.7. The van der Waals surface area contributed by atoms with Crippen molar-refractivity contribution in [1.29, 1.82) is 0 Å². The van der Waals surface area contributed by atoms with E-state index in [1.807, 2.05) is 42.5 Å². The average molecular weight is 220 g/mol. The van der Waals surface area contributed by atoms with E-state index in [2.05, 4.69) is 11.1 Å². The van der Waals surface area contributed by atoms with Crippen LogP contribution in [-0.2, 0) is 0 Å². The minimum atomic E-state index is 0.259. The third-order valence-electron chi connectivity index (χ3n) is 2.67. The molecule has 2 aromatic carbocycles. The fraction of sp³-hybridized carbons (Fsp3) is 0. The number of para-hydroxylation sites is 1. The van der Waals surface area contributed by atoms with Crippen molar-refractivity contribution in [2.45, 2.75) is 0 Å². The van der Waals surface area contributed by atoms with E-state index in [1.54, 1.807) is 12.1 Å². The number of phenols is 1. The molecule has 1 radical (unpaired) electrons. The Balaban J connectivity index is 2.14. The summed E-state index contributed by atoms with van der Waals surface area (Å²) >= 11 is 0. The van der Waals surface area contributed by atoms with Gasteiger partial charge in [-0.1, -0.05) is 18.2 Å². The first kappa shape index (κ1) is 9.85. The van der Waals surface area contributed by atoms with Gasteiger partial charge in [0.05, 0.1) is 11.2 Å². The molecular weight excluding hydrogens is 210 g/mol.